The summed E-state index contributed by atoms with van der Waals surface area (Å²) in [6, 6.07) is 3.84. The van der Waals surface area contributed by atoms with Gasteiger partial charge in [0.15, 0.2) is 0 Å². The molecule has 134 valence electrons. The lowest BCUT2D eigenvalue weighted by molar-refractivity contribution is 0.0972. The van der Waals surface area contributed by atoms with Gasteiger partial charge in [0.2, 0.25) is 5.88 Å². The molecule has 1 saturated heterocycles. The Balaban J connectivity index is 1.61. The summed E-state index contributed by atoms with van der Waals surface area (Å²) in [5, 5.41) is 9.53. The molecule has 0 radical (unpaired) electrons. The predicted octanol–water partition coefficient (Wildman–Crippen LogP) is 0.756. The van der Waals surface area contributed by atoms with Gasteiger partial charge < -0.3 is 25.2 Å². The van der Waals surface area contributed by atoms with E-state index in [4.69, 9.17) is 15.2 Å². The highest BCUT2D eigenvalue weighted by molar-refractivity contribution is 5.81. The average Bonchev–Trinajstić information content (AvgIpc) is 3.06. The third-order valence-electron chi connectivity index (χ3n) is 5.34. The van der Waals surface area contributed by atoms with Crippen molar-refractivity contribution in [2.75, 3.05) is 40.0 Å². The van der Waals surface area contributed by atoms with Crippen molar-refractivity contribution in [3.05, 3.63) is 23.9 Å². The summed E-state index contributed by atoms with van der Waals surface area (Å²) in [7, 11) is 1.62. The number of hydrogen-bond donors (Lipinski definition) is 2. The Morgan fingerprint density at radius 1 is 1.44 bits per heavy atom. The Bertz CT molecular complexity index is 769. The van der Waals surface area contributed by atoms with Crippen LogP contribution in [0.1, 0.15) is 17.9 Å². The number of likely N-dealkylation sites (tertiary alicyclic amines) is 1. The third-order valence-corrected chi connectivity index (χ3v) is 5.34. The zero-order chi connectivity index (χ0) is 17.4. The molecule has 1 fully saturated rings. The number of aliphatic hydroxyl groups is 1. The van der Waals surface area contributed by atoms with E-state index < -0.39 is 0 Å². The molecule has 2 aliphatic heterocycles. The van der Waals surface area contributed by atoms with E-state index in [9.17, 15) is 5.11 Å². The summed E-state index contributed by atoms with van der Waals surface area (Å²) < 4.78 is 11.1. The van der Waals surface area contributed by atoms with Crippen molar-refractivity contribution in [1.29, 1.82) is 0 Å². The van der Waals surface area contributed by atoms with Crippen molar-refractivity contribution >= 4 is 11.0 Å². The maximum Gasteiger partial charge on any atom is 0.213 e. The van der Waals surface area contributed by atoms with Crippen LogP contribution < -0.4 is 15.2 Å². The Hall–Kier alpha value is -1.96. The molecular weight excluding hydrogens is 320 g/mol. The van der Waals surface area contributed by atoms with Crippen LogP contribution >= 0.6 is 0 Å². The van der Waals surface area contributed by atoms with E-state index in [0.29, 0.717) is 12.5 Å². The van der Waals surface area contributed by atoms with Crippen LogP contribution in [0.5, 0.6) is 11.6 Å². The zero-order valence-corrected chi connectivity index (χ0v) is 14.4. The molecule has 0 aliphatic carbocycles. The van der Waals surface area contributed by atoms with Gasteiger partial charge in [-0.1, -0.05) is 0 Å². The van der Waals surface area contributed by atoms with Gasteiger partial charge in [-0.15, -0.1) is 0 Å². The molecule has 3 unspecified atom stereocenters. The van der Waals surface area contributed by atoms with Gasteiger partial charge in [0.1, 0.15) is 11.3 Å². The van der Waals surface area contributed by atoms with Crippen molar-refractivity contribution in [2.45, 2.75) is 18.4 Å². The summed E-state index contributed by atoms with van der Waals surface area (Å²) in [6.45, 7) is 3.41. The smallest absolute Gasteiger partial charge is 0.213 e. The Morgan fingerprint density at radius 3 is 3.12 bits per heavy atom. The van der Waals surface area contributed by atoms with E-state index in [1.54, 1.807) is 13.3 Å². The van der Waals surface area contributed by atoms with Crippen LogP contribution in [0.4, 0.5) is 0 Å². The Morgan fingerprint density at radius 2 is 2.32 bits per heavy atom. The van der Waals surface area contributed by atoms with Crippen LogP contribution in [-0.4, -0.2) is 66.0 Å². The largest absolute Gasteiger partial charge is 0.491 e. The second-order valence-electron chi connectivity index (χ2n) is 6.92. The quantitative estimate of drug-likeness (QED) is 0.845. The second-order valence-corrected chi connectivity index (χ2v) is 6.92. The summed E-state index contributed by atoms with van der Waals surface area (Å²) in [4.78, 5) is 11.4. The topological polar surface area (TPSA) is 93.7 Å². The summed E-state index contributed by atoms with van der Waals surface area (Å²) in [6.07, 6.45) is 2.70. The number of ether oxygens (including phenoxy) is 2. The number of rotatable bonds is 4. The monoisotopic (exact) mass is 344 g/mol. The molecule has 2 aliphatic rings. The number of nitrogens with two attached hydrogens (primary N) is 1. The number of nitrogens with zero attached hydrogens (tertiary/aromatic N) is 3. The van der Waals surface area contributed by atoms with Crippen LogP contribution in [0.25, 0.3) is 11.0 Å². The highest BCUT2D eigenvalue weighted by atomic mass is 16.5. The average molecular weight is 344 g/mol. The lowest BCUT2D eigenvalue weighted by atomic mass is 9.92. The number of pyridine rings is 2. The normalized spacial score (nSPS) is 26.4. The molecule has 0 amide bonds. The van der Waals surface area contributed by atoms with Gasteiger partial charge >= 0.3 is 0 Å². The molecule has 7 heteroatoms. The molecule has 3 N–H and O–H groups in total. The van der Waals surface area contributed by atoms with Crippen molar-refractivity contribution < 1.29 is 14.6 Å². The molecule has 0 spiro atoms. The van der Waals surface area contributed by atoms with E-state index in [-0.39, 0.29) is 24.5 Å². The van der Waals surface area contributed by atoms with Gasteiger partial charge in [0.05, 0.1) is 25.4 Å². The highest BCUT2D eigenvalue weighted by Gasteiger charge is 2.33. The molecule has 2 aromatic heterocycles. The predicted molar refractivity (Wildman–Crippen MR) is 93.9 cm³/mol. The van der Waals surface area contributed by atoms with Crippen LogP contribution in [0.2, 0.25) is 0 Å². The van der Waals surface area contributed by atoms with E-state index in [2.05, 4.69) is 14.9 Å². The molecule has 7 nitrogen and oxygen atoms in total. The van der Waals surface area contributed by atoms with Crippen molar-refractivity contribution in [3.8, 4) is 11.6 Å². The zero-order valence-electron chi connectivity index (χ0n) is 14.4. The minimum atomic E-state index is 0.0873. The fourth-order valence-electron chi connectivity index (χ4n) is 3.89. The van der Waals surface area contributed by atoms with Gasteiger partial charge in [0, 0.05) is 49.2 Å². The Labute approximate surface area is 146 Å². The number of hydrogen-bond acceptors (Lipinski definition) is 7. The first-order valence-corrected chi connectivity index (χ1v) is 8.75. The fourth-order valence-corrected chi connectivity index (χ4v) is 3.89. The molecular formula is C18H24N4O3. The molecule has 4 heterocycles. The van der Waals surface area contributed by atoms with Gasteiger partial charge in [0.25, 0.3) is 0 Å². The first-order chi connectivity index (χ1) is 12.2. The molecule has 0 bridgehead atoms. The minimum absolute atomic E-state index is 0.0873. The molecule has 2 aromatic rings. The molecule has 0 saturated carbocycles. The number of piperidine rings is 1. The fraction of sp³-hybridized carbons (Fsp3) is 0.556. The molecule has 0 aromatic carbocycles. The lowest BCUT2D eigenvalue weighted by Gasteiger charge is -2.37. The molecule has 4 rings (SSSR count). The molecule has 3 atom stereocenters. The van der Waals surface area contributed by atoms with E-state index >= 15 is 0 Å². The number of aliphatic hydroxyl groups excluding tert-OH is 1. The van der Waals surface area contributed by atoms with Crippen LogP contribution in [0.3, 0.4) is 0 Å². The van der Waals surface area contributed by atoms with Crippen LogP contribution in [0, 0.1) is 5.92 Å². The number of fused-ring (bicyclic) bond motifs is 3. The summed E-state index contributed by atoms with van der Waals surface area (Å²) >= 11 is 0. The van der Waals surface area contributed by atoms with Gasteiger partial charge in [-0.25, -0.2) is 4.98 Å². The van der Waals surface area contributed by atoms with Crippen LogP contribution in [-0.2, 0) is 0 Å². The second kappa shape index (κ2) is 6.74. The number of methoxy groups -OCH3 is 1. The summed E-state index contributed by atoms with van der Waals surface area (Å²) in [5.74, 6) is 1.76. The minimum Gasteiger partial charge on any atom is -0.491 e. The Kier molecular flexibility index (Phi) is 4.45. The van der Waals surface area contributed by atoms with Crippen molar-refractivity contribution in [1.82, 2.24) is 14.9 Å². The highest BCUT2D eigenvalue weighted by Crippen LogP contribution is 2.39. The van der Waals surface area contributed by atoms with Crippen molar-refractivity contribution in [2.24, 2.45) is 11.7 Å². The summed E-state index contributed by atoms with van der Waals surface area (Å²) in [5.41, 5.74) is 8.91. The van der Waals surface area contributed by atoms with Gasteiger partial charge in [-0.3, -0.25) is 4.98 Å². The third kappa shape index (κ3) is 3.03. The van der Waals surface area contributed by atoms with Gasteiger partial charge in [-0.2, -0.15) is 0 Å². The first-order valence-electron chi connectivity index (χ1n) is 8.75. The maximum atomic E-state index is 9.53. The molecule has 25 heavy (non-hydrogen) atoms. The van der Waals surface area contributed by atoms with E-state index in [0.717, 1.165) is 48.4 Å². The SMILES string of the molecule is COc1ccc2ncc3c(c2n1)C(CN1CCC(N)C(CO)C1)CO3. The standard InChI is InChI=1S/C18H24N4O3/c1-24-16-3-2-14-18(21-16)17-12(10-25-15(17)6-20-14)8-22-5-4-13(19)11(7-22)9-23/h2-3,6,11-13,23H,4-5,7-10,19H2,1H3. The lowest BCUT2D eigenvalue weighted by Crippen LogP contribution is -2.49. The van der Waals surface area contributed by atoms with E-state index in [1.807, 2.05) is 12.1 Å². The first kappa shape index (κ1) is 16.5. The van der Waals surface area contributed by atoms with Crippen LogP contribution in [0.15, 0.2) is 18.3 Å². The van der Waals surface area contributed by atoms with Gasteiger partial charge in [-0.05, 0) is 19.0 Å². The number of aromatic nitrogens is 2. The van der Waals surface area contributed by atoms with E-state index in [1.165, 1.54) is 0 Å². The van der Waals surface area contributed by atoms with Crippen molar-refractivity contribution in [3.63, 3.8) is 0 Å². The maximum absolute atomic E-state index is 9.53.